The van der Waals surface area contributed by atoms with E-state index in [9.17, 15) is 14.4 Å². The molecule has 0 N–H and O–H groups in total. The summed E-state index contributed by atoms with van der Waals surface area (Å²) in [7, 11) is 0. The van der Waals surface area contributed by atoms with Gasteiger partial charge in [-0.25, -0.2) is 9.78 Å². The Morgan fingerprint density at radius 1 is 1.15 bits per heavy atom. The number of Topliss-reactive ketones (excluding diaryl/α,β-unsaturated/α-hetero) is 1. The van der Waals surface area contributed by atoms with Crippen molar-refractivity contribution in [1.29, 1.82) is 0 Å². The number of ketones is 1. The molecule has 2 atom stereocenters. The van der Waals surface area contributed by atoms with Crippen molar-refractivity contribution in [2.45, 2.75) is 71.6 Å². The summed E-state index contributed by atoms with van der Waals surface area (Å²) in [4.78, 5) is 43.0. The monoisotopic (exact) mass is 452 g/mol. The number of rotatable bonds is 5. The second kappa shape index (κ2) is 9.33. The van der Waals surface area contributed by atoms with Crippen LogP contribution in [0.2, 0.25) is 0 Å². The van der Waals surface area contributed by atoms with Gasteiger partial charge in [0.25, 0.3) is 0 Å². The topological polar surface area (TPSA) is 85.8 Å². The molecule has 1 aromatic heterocycles. The molecule has 1 amide bonds. The molecular formula is C26H32N2O5. The van der Waals surface area contributed by atoms with Gasteiger partial charge in [0.05, 0.1) is 11.2 Å². The van der Waals surface area contributed by atoms with Gasteiger partial charge in [-0.3, -0.25) is 14.5 Å². The zero-order valence-electron chi connectivity index (χ0n) is 20.2. The summed E-state index contributed by atoms with van der Waals surface area (Å²) in [6.45, 7) is 10.6. The maximum Gasteiger partial charge on any atom is 0.411 e. The van der Waals surface area contributed by atoms with E-state index in [0.29, 0.717) is 18.7 Å². The number of ether oxygens (including phenoxy) is 2. The molecule has 0 spiro atoms. The lowest BCUT2D eigenvalue weighted by molar-refractivity contribution is -0.146. The Hall–Kier alpha value is -3.22. The molecule has 0 saturated carbocycles. The Kier molecular flexibility index (Phi) is 6.91. The molecular weight excluding hydrogens is 420 g/mol. The lowest BCUT2D eigenvalue weighted by Gasteiger charge is -2.35. The van der Waals surface area contributed by atoms with Crippen LogP contribution in [0.25, 0.3) is 17.0 Å². The number of aromatic nitrogens is 1. The van der Waals surface area contributed by atoms with E-state index in [1.54, 1.807) is 13.0 Å². The van der Waals surface area contributed by atoms with Gasteiger partial charge < -0.3 is 9.47 Å². The number of likely N-dealkylation sites (tertiary alicyclic amines) is 1. The third-order valence-electron chi connectivity index (χ3n) is 5.69. The van der Waals surface area contributed by atoms with Crippen molar-refractivity contribution >= 4 is 34.8 Å². The standard InChI is InChI=1S/C26H32N2O5/c1-17(32-19(3)30)22-11-10-21-9-8-20(16-23(21)27-22)12-14-26(18(2)29)13-7-15-28(26)24(31)33-25(4,5)6/h8-12,14,16-17H,7,13,15H2,1-6H3/b14-12+/t17-,26+/m1/s1. The molecule has 33 heavy (non-hydrogen) atoms. The minimum atomic E-state index is -1.03. The Morgan fingerprint density at radius 3 is 2.48 bits per heavy atom. The maximum atomic E-state index is 12.8. The average molecular weight is 453 g/mol. The van der Waals surface area contributed by atoms with Crippen molar-refractivity contribution in [3.8, 4) is 0 Å². The third kappa shape index (κ3) is 5.59. The van der Waals surface area contributed by atoms with Crippen LogP contribution in [0.3, 0.4) is 0 Å². The van der Waals surface area contributed by atoms with Gasteiger partial charge >= 0.3 is 12.1 Å². The highest BCUT2D eigenvalue weighted by molar-refractivity contribution is 5.94. The normalized spacial score (nSPS) is 19.6. The Labute approximate surface area is 194 Å². The number of hydrogen-bond acceptors (Lipinski definition) is 6. The van der Waals surface area contributed by atoms with Crippen molar-refractivity contribution < 1.29 is 23.9 Å². The molecule has 3 rings (SSSR count). The van der Waals surface area contributed by atoms with Crippen LogP contribution in [0.15, 0.2) is 36.4 Å². The smallest absolute Gasteiger partial charge is 0.411 e. The average Bonchev–Trinajstić information content (AvgIpc) is 3.15. The Morgan fingerprint density at radius 2 is 1.85 bits per heavy atom. The molecule has 1 saturated heterocycles. The number of carbonyl (C=O) groups excluding carboxylic acids is 3. The third-order valence-corrected chi connectivity index (χ3v) is 5.69. The number of hydrogen-bond donors (Lipinski definition) is 0. The highest BCUT2D eigenvalue weighted by atomic mass is 16.6. The lowest BCUT2D eigenvalue weighted by Crippen LogP contribution is -2.52. The molecule has 1 aromatic carbocycles. The van der Waals surface area contributed by atoms with Crippen molar-refractivity contribution in [1.82, 2.24) is 9.88 Å². The van der Waals surface area contributed by atoms with Crippen LogP contribution in [-0.2, 0) is 19.1 Å². The number of esters is 1. The number of nitrogens with zero attached hydrogens (tertiary/aromatic N) is 2. The van der Waals surface area contributed by atoms with E-state index < -0.39 is 23.3 Å². The van der Waals surface area contributed by atoms with Crippen molar-refractivity contribution in [2.24, 2.45) is 0 Å². The van der Waals surface area contributed by atoms with Crippen LogP contribution in [0.5, 0.6) is 0 Å². The lowest BCUT2D eigenvalue weighted by atomic mass is 9.90. The first-order chi connectivity index (χ1) is 15.4. The van der Waals surface area contributed by atoms with E-state index in [1.807, 2.05) is 57.2 Å². The number of benzene rings is 1. The van der Waals surface area contributed by atoms with Gasteiger partial charge in [-0.15, -0.1) is 0 Å². The molecule has 7 heteroatoms. The zero-order valence-corrected chi connectivity index (χ0v) is 20.2. The second-order valence-electron chi connectivity index (χ2n) is 9.49. The van der Waals surface area contributed by atoms with Crippen LogP contribution in [0.1, 0.15) is 71.7 Å². The first-order valence-electron chi connectivity index (χ1n) is 11.2. The van der Waals surface area contributed by atoms with Crippen molar-refractivity contribution in [2.75, 3.05) is 6.54 Å². The van der Waals surface area contributed by atoms with Crippen LogP contribution < -0.4 is 0 Å². The summed E-state index contributed by atoms with van der Waals surface area (Å²) >= 11 is 0. The zero-order chi connectivity index (χ0) is 24.4. The van der Waals surface area contributed by atoms with Gasteiger partial charge in [-0.05, 0) is 65.2 Å². The van der Waals surface area contributed by atoms with Gasteiger partial charge in [0.2, 0.25) is 0 Å². The van der Waals surface area contributed by atoms with Crippen LogP contribution in [0.4, 0.5) is 4.79 Å². The van der Waals surface area contributed by atoms with Crippen molar-refractivity contribution in [3.05, 3.63) is 47.7 Å². The fourth-order valence-electron chi connectivity index (χ4n) is 4.09. The van der Waals surface area contributed by atoms with E-state index in [0.717, 1.165) is 22.9 Å². The highest BCUT2D eigenvalue weighted by Crippen LogP contribution is 2.34. The van der Waals surface area contributed by atoms with Crippen LogP contribution in [0, 0.1) is 0 Å². The fourth-order valence-corrected chi connectivity index (χ4v) is 4.09. The minimum absolute atomic E-state index is 0.0986. The summed E-state index contributed by atoms with van der Waals surface area (Å²) in [5.41, 5.74) is 0.587. The number of pyridine rings is 1. The first kappa shape index (κ1) is 24.4. The van der Waals surface area contributed by atoms with Crippen molar-refractivity contribution in [3.63, 3.8) is 0 Å². The van der Waals surface area contributed by atoms with Gasteiger partial charge in [0.1, 0.15) is 17.2 Å². The second-order valence-corrected chi connectivity index (χ2v) is 9.49. The summed E-state index contributed by atoms with van der Waals surface area (Å²) in [5, 5.41) is 0.948. The first-order valence-corrected chi connectivity index (χ1v) is 11.2. The van der Waals surface area contributed by atoms with Gasteiger partial charge in [0, 0.05) is 18.9 Å². The van der Waals surface area contributed by atoms with E-state index in [1.165, 1.54) is 18.7 Å². The summed E-state index contributed by atoms with van der Waals surface area (Å²) in [5.74, 6) is -0.458. The summed E-state index contributed by atoms with van der Waals surface area (Å²) < 4.78 is 10.8. The van der Waals surface area contributed by atoms with E-state index in [-0.39, 0.29) is 11.8 Å². The SMILES string of the molecule is CC(=O)O[C@H](C)c1ccc2ccc(/C=C/[C@]3(C(C)=O)CCCN3C(=O)OC(C)(C)C)cc2n1. The molecule has 0 radical (unpaired) electrons. The number of fused-ring (bicyclic) bond motifs is 1. The molecule has 2 aromatic rings. The molecule has 1 aliphatic rings. The van der Waals surface area contributed by atoms with Gasteiger partial charge in [-0.2, -0.15) is 0 Å². The fraction of sp³-hybridized carbons (Fsp3) is 0.462. The Bertz CT molecular complexity index is 1100. The predicted octanol–water partition coefficient (Wildman–Crippen LogP) is 5.23. The van der Waals surface area contributed by atoms with E-state index in [4.69, 9.17) is 9.47 Å². The molecule has 1 aliphatic heterocycles. The number of carbonyl (C=O) groups is 3. The maximum absolute atomic E-state index is 12.8. The Balaban J connectivity index is 1.92. The van der Waals surface area contributed by atoms with Crippen LogP contribution in [-0.4, -0.2) is 45.4 Å². The van der Waals surface area contributed by atoms with Crippen LogP contribution >= 0.6 is 0 Å². The minimum Gasteiger partial charge on any atom is -0.456 e. The predicted molar refractivity (Wildman–Crippen MR) is 127 cm³/mol. The molecule has 2 heterocycles. The molecule has 0 bridgehead atoms. The van der Waals surface area contributed by atoms with E-state index >= 15 is 0 Å². The molecule has 1 fully saturated rings. The van der Waals surface area contributed by atoms with Gasteiger partial charge in [0.15, 0.2) is 5.78 Å². The highest BCUT2D eigenvalue weighted by Gasteiger charge is 2.47. The molecule has 0 unspecified atom stereocenters. The quantitative estimate of drug-likeness (QED) is 0.578. The molecule has 7 nitrogen and oxygen atoms in total. The summed E-state index contributed by atoms with van der Waals surface area (Å²) in [6.07, 6.45) is 4.00. The number of amides is 1. The van der Waals surface area contributed by atoms with Gasteiger partial charge in [-0.1, -0.05) is 30.4 Å². The summed E-state index contributed by atoms with van der Waals surface area (Å²) in [6, 6.07) is 9.58. The largest absolute Gasteiger partial charge is 0.456 e. The molecule has 176 valence electrons. The molecule has 0 aliphatic carbocycles. The van der Waals surface area contributed by atoms with E-state index in [2.05, 4.69) is 4.98 Å².